The predicted molar refractivity (Wildman–Crippen MR) is 90.3 cm³/mol. The number of benzene rings is 1. The summed E-state index contributed by atoms with van der Waals surface area (Å²) in [5.74, 6) is -0.230. The Kier molecular flexibility index (Phi) is 4.99. The SMILES string of the molecule is COc1cccc(Cl)c1CC(=O)N1C(C(=O)O)CC2CCCCC21. The van der Waals surface area contributed by atoms with Crippen LogP contribution in [-0.4, -0.2) is 41.1 Å². The van der Waals surface area contributed by atoms with E-state index in [2.05, 4.69) is 0 Å². The van der Waals surface area contributed by atoms with Gasteiger partial charge in [0.25, 0.3) is 0 Å². The molecule has 3 unspecified atom stereocenters. The van der Waals surface area contributed by atoms with Crippen LogP contribution in [0.3, 0.4) is 0 Å². The van der Waals surface area contributed by atoms with Crippen molar-refractivity contribution in [3.8, 4) is 5.75 Å². The van der Waals surface area contributed by atoms with Gasteiger partial charge in [-0.25, -0.2) is 4.79 Å². The molecule has 0 spiro atoms. The highest BCUT2D eigenvalue weighted by Gasteiger charge is 2.47. The molecule has 0 radical (unpaired) electrons. The van der Waals surface area contributed by atoms with Gasteiger partial charge in [-0.2, -0.15) is 0 Å². The van der Waals surface area contributed by atoms with E-state index in [9.17, 15) is 14.7 Å². The molecule has 1 N–H and O–H groups in total. The highest BCUT2D eigenvalue weighted by atomic mass is 35.5. The van der Waals surface area contributed by atoms with Crippen molar-refractivity contribution in [3.05, 3.63) is 28.8 Å². The Labute approximate surface area is 146 Å². The third-order valence-corrected chi connectivity index (χ3v) is 5.64. The number of nitrogens with zero attached hydrogens (tertiary/aromatic N) is 1. The Balaban J connectivity index is 1.86. The van der Waals surface area contributed by atoms with E-state index in [-0.39, 0.29) is 18.4 Å². The molecule has 3 atom stereocenters. The minimum Gasteiger partial charge on any atom is -0.496 e. The number of carbonyl (C=O) groups excluding carboxylic acids is 1. The predicted octanol–water partition coefficient (Wildman–Crippen LogP) is 3.14. The normalized spacial score (nSPS) is 26.1. The second-order valence-electron chi connectivity index (χ2n) is 6.60. The van der Waals surface area contributed by atoms with Crippen LogP contribution >= 0.6 is 11.6 Å². The third-order valence-electron chi connectivity index (χ3n) is 5.28. The fourth-order valence-corrected chi connectivity index (χ4v) is 4.42. The zero-order valence-electron chi connectivity index (χ0n) is 13.7. The molecular formula is C18H22ClNO4. The van der Waals surface area contributed by atoms with E-state index in [0.717, 1.165) is 25.7 Å². The third kappa shape index (κ3) is 3.09. The number of halogens is 1. The van der Waals surface area contributed by atoms with E-state index in [1.54, 1.807) is 23.1 Å². The molecular weight excluding hydrogens is 330 g/mol. The summed E-state index contributed by atoms with van der Waals surface area (Å²) in [5.41, 5.74) is 0.620. The largest absolute Gasteiger partial charge is 0.496 e. The van der Waals surface area contributed by atoms with E-state index in [1.807, 2.05) is 0 Å². The van der Waals surface area contributed by atoms with Crippen molar-refractivity contribution in [2.75, 3.05) is 7.11 Å². The highest BCUT2D eigenvalue weighted by Crippen LogP contribution is 2.40. The molecule has 0 bridgehead atoms. The van der Waals surface area contributed by atoms with Gasteiger partial charge in [0.1, 0.15) is 11.8 Å². The number of aliphatic carboxylic acids is 1. The first-order chi connectivity index (χ1) is 11.5. The average molecular weight is 352 g/mol. The Morgan fingerprint density at radius 3 is 2.79 bits per heavy atom. The van der Waals surface area contributed by atoms with Crippen molar-refractivity contribution >= 4 is 23.5 Å². The quantitative estimate of drug-likeness (QED) is 0.905. The number of methoxy groups -OCH3 is 1. The van der Waals surface area contributed by atoms with Gasteiger partial charge in [-0.05, 0) is 37.3 Å². The lowest BCUT2D eigenvalue weighted by Crippen LogP contribution is -2.46. The standard InChI is InChI=1S/C18H22ClNO4/c1-24-16-8-4-6-13(19)12(16)10-17(21)20-14-7-3-2-5-11(14)9-15(20)18(22)23/h4,6,8,11,14-15H,2-3,5,7,9-10H2,1H3,(H,22,23). The maximum absolute atomic E-state index is 13.0. The molecule has 1 aliphatic heterocycles. The fraction of sp³-hybridized carbons (Fsp3) is 0.556. The zero-order valence-corrected chi connectivity index (χ0v) is 14.5. The van der Waals surface area contributed by atoms with Gasteiger partial charge in [-0.15, -0.1) is 0 Å². The summed E-state index contributed by atoms with van der Waals surface area (Å²) >= 11 is 6.23. The van der Waals surface area contributed by atoms with E-state index in [4.69, 9.17) is 16.3 Å². The molecule has 2 aliphatic rings. The van der Waals surface area contributed by atoms with E-state index < -0.39 is 12.0 Å². The molecule has 130 valence electrons. The number of likely N-dealkylation sites (tertiary alicyclic amines) is 1. The van der Waals surface area contributed by atoms with Gasteiger partial charge in [-0.1, -0.05) is 30.5 Å². The van der Waals surface area contributed by atoms with E-state index in [0.29, 0.717) is 28.7 Å². The highest BCUT2D eigenvalue weighted by molar-refractivity contribution is 6.31. The number of fused-ring (bicyclic) bond motifs is 1. The Morgan fingerprint density at radius 2 is 2.08 bits per heavy atom. The van der Waals surface area contributed by atoms with E-state index in [1.165, 1.54) is 7.11 Å². The molecule has 1 saturated carbocycles. The maximum Gasteiger partial charge on any atom is 0.326 e. The lowest BCUT2D eigenvalue weighted by Gasteiger charge is -2.33. The zero-order chi connectivity index (χ0) is 17.3. The first-order valence-electron chi connectivity index (χ1n) is 8.38. The summed E-state index contributed by atoms with van der Waals surface area (Å²) in [5, 5.41) is 10.0. The first-order valence-corrected chi connectivity index (χ1v) is 8.76. The van der Waals surface area contributed by atoms with Gasteiger partial charge >= 0.3 is 5.97 Å². The number of amides is 1. The van der Waals surface area contributed by atoms with Crippen LogP contribution in [0.25, 0.3) is 0 Å². The molecule has 3 rings (SSSR count). The molecule has 6 heteroatoms. The second kappa shape index (κ2) is 7.01. The molecule has 1 aromatic carbocycles. The topological polar surface area (TPSA) is 66.8 Å². The summed E-state index contributed by atoms with van der Waals surface area (Å²) in [4.78, 5) is 26.2. The minimum atomic E-state index is -0.913. The minimum absolute atomic E-state index is 0.0424. The second-order valence-corrected chi connectivity index (χ2v) is 7.01. The summed E-state index contributed by atoms with van der Waals surface area (Å²) in [6, 6.07) is 4.56. The molecule has 1 amide bonds. The van der Waals surface area contributed by atoms with Gasteiger partial charge in [0.2, 0.25) is 5.91 Å². The van der Waals surface area contributed by atoms with Crippen molar-refractivity contribution in [3.63, 3.8) is 0 Å². The lowest BCUT2D eigenvalue weighted by molar-refractivity contribution is -0.149. The monoisotopic (exact) mass is 351 g/mol. The van der Waals surface area contributed by atoms with Crippen LogP contribution < -0.4 is 4.74 Å². The first kappa shape index (κ1) is 17.1. The van der Waals surface area contributed by atoms with Crippen LogP contribution in [-0.2, 0) is 16.0 Å². The lowest BCUT2D eigenvalue weighted by atomic mass is 9.84. The molecule has 24 heavy (non-hydrogen) atoms. The Morgan fingerprint density at radius 1 is 1.33 bits per heavy atom. The number of hydrogen-bond acceptors (Lipinski definition) is 3. The van der Waals surface area contributed by atoms with Gasteiger partial charge in [0.05, 0.1) is 13.5 Å². The van der Waals surface area contributed by atoms with Gasteiger partial charge < -0.3 is 14.7 Å². The van der Waals surface area contributed by atoms with Crippen molar-refractivity contribution in [1.29, 1.82) is 0 Å². The van der Waals surface area contributed by atoms with Crippen LogP contribution in [0.5, 0.6) is 5.75 Å². The molecule has 2 fully saturated rings. The summed E-state index contributed by atoms with van der Waals surface area (Å²) in [6.07, 6.45) is 4.69. The van der Waals surface area contributed by atoms with Crippen molar-refractivity contribution in [2.24, 2.45) is 5.92 Å². The van der Waals surface area contributed by atoms with Crippen LogP contribution in [0.15, 0.2) is 18.2 Å². The Hall–Kier alpha value is -1.75. The molecule has 1 aromatic rings. The average Bonchev–Trinajstić information content (AvgIpc) is 2.96. The van der Waals surface area contributed by atoms with Crippen molar-refractivity contribution in [1.82, 2.24) is 4.90 Å². The number of ether oxygens (including phenoxy) is 1. The number of hydrogen-bond donors (Lipinski definition) is 1. The summed E-state index contributed by atoms with van der Waals surface area (Å²) in [6.45, 7) is 0. The smallest absolute Gasteiger partial charge is 0.326 e. The van der Waals surface area contributed by atoms with Crippen LogP contribution in [0.2, 0.25) is 5.02 Å². The fourth-order valence-electron chi connectivity index (χ4n) is 4.18. The summed E-state index contributed by atoms with van der Waals surface area (Å²) in [7, 11) is 1.53. The number of rotatable bonds is 4. The molecule has 1 aliphatic carbocycles. The number of carbonyl (C=O) groups is 2. The number of carboxylic acid groups (broad SMARTS) is 1. The van der Waals surface area contributed by atoms with E-state index >= 15 is 0 Å². The van der Waals surface area contributed by atoms with Gasteiger partial charge in [0, 0.05) is 16.6 Å². The van der Waals surface area contributed by atoms with Crippen LogP contribution in [0.1, 0.15) is 37.7 Å². The summed E-state index contributed by atoms with van der Waals surface area (Å²) < 4.78 is 5.30. The number of carboxylic acids is 1. The van der Waals surface area contributed by atoms with Crippen molar-refractivity contribution < 1.29 is 19.4 Å². The molecule has 1 saturated heterocycles. The Bertz CT molecular complexity index is 648. The molecule has 5 nitrogen and oxygen atoms in total. The van der Waals surface area contributed by atoms with Crippen LogP contribution in [0, 0.1) is 5.92 Å². The van der Waals surface area contributed by atoms with Crippen molar-refractivity contribution in [2.45, 2.75) is 50.6 Å². The molecule has 0 aromatic heterocycles. The van der Waals surface area contributed by atoms with Gasteiger partial charge in [0.15, 0.2) is 0 Å². The van der Waals surface area contributed by atoms with Crippen LogP contribution in [0.4, 0.5) is 0 Å². The molecule has 1 heterocycles. The maximum atomic E-state index is 13.0. The van der Waals surface area contributed by atoms with Gasteiger partial charge in [-0.3, -0.25) is 4.79 Å².